The molecule has 1 aromatic rings. The summed E-state index contributed by atoms with van der Waals surface area (Å²) in [6.45, 7) is 8.96. The van der Waals surface area contributed by atoms with Gasteiger partial charge in [0.2, 0.25) is 0 Å². The van der Waals surface area contributed by atoms with Crippen LogP contribution in [0.4, 0.5) is 0 Å². The van der Waals surface area contributed by atoms with Crippen LogP contribution in [0.1, 0.15) is 57.8 Å². The fraction of sp³-hybridized carbons (Fsp3) is 0.625. The molecule has 2 rings (SSSR count). The molecular formula is C16H24O. The third-order valence-corrected chi connectivity index (χ3v) is 4.49. The summed E-state index contributed by atoms with van der Waals surface area (Å²) in [6.07, 6.45) is 2.04. The second-order valence-corrected chi connectivity index (χ2v) is 6.18. The van der Waals surface area contributed by atoms with E-state index in [-0.39, 0.29) is 11.5 Å². The quantitative estimate of drug-likeness (QED) is 0.830. The predicted octanol–water partition coefficient (Wildman–Crippen LogP) is 4.06. The van der Waals surface area contributed by atoms with E-state index in [1.165, 1.54) is 12.0 Å². The van der Waals surface area contributed by atoms with E-state index in [1.54, 1.807) is 0 Å². The molecule has 1 aliphatic rings. The van der Waals surface area contributed by atoms with Gasteiger partial charge in [-0.05, 0) is 41.2 Å². The molecule has 0 aromatic heterocycles. The van der Waals surface area contributed by atoms with Crippen LogP contribution in [0, 0.1) is 11.8 Å². The number of hydrogen-bond donors (Lipinski definition) is 1. The van der Waals surface area contributed by atoms with E-state index in [9.17, 15) is 5.11 Å². The molecule has 3 unspecified atom stereocenters. The molecule has 1 nitrogen and oxygen atoms in total. The number of hydrogen-bond acceptors (Lipinski definition) is 1. The molecule has 1 fully saturated rings. The number of aliphatic hydroxyl groups is 1. The molecule has 3 atom stereocenters. The molecule has 0 heterocycles. The number of rotatable bonds is 4. The van der Waals surface area contributed by atoms with Crippen molar-refractivity contribution in [3.63, 3.8) is 0 Å². The highest BCUT2D eigenvalue weighted by Gasteiger charge is 2.39. The van der Waals surface area contributed by atoms with Crippen LogP contribution in [0.5, 0.6) is 0 Å². The molecule has 1 N–H and O–H groups in total. The highest BCUT2D eigenvalue weighted by molar-refractivity contribution is 5.30. The molecule has 0 bridgehead atoms. The maximum Gasteiger partial charge on any atom is 0.0820 e. The molecule has 17 heavy (non-hydrogen) atoms. The molecule has 1 heteroatoms. The monoisotopic (exact) mass is 232 g/mol. The van der Waals surface area contributed by atoms with Crippen LogP contribution in [0.25, 0.3) is 0 Å². The zero-order valence-corrected chi connectivity index (χ0v) is 11.4. The van der Waals surface area contributed by atoms with Gasteiger partial charge in [0.05, 0.1) is 6.10 Å². The van der Waals surface area contributed by atoms with Crippen LogP contribution in [0.3, 0.4) is 0 Å². The Hall–Kier alpha value is -0.820. The van der Waals surface area contributed by atoms with Crippen molar-refractivity contribution in [1.82, 2.24) is 0 Å². The highest BCUT2D eigenvalue weighted by atomic mass is 16.3. The Labute approximate surface area is 105 Å². The van der Waals surface area contributed by atoms with Crippen LogP contribution < -0.4 is 0 Å². The first-order valence-electron chi connectivity index (χ1n) is 6.74. The zero-order valence-electron chi connectivity index (χ0n) is 11.4. The Morgan fingerprint density at radius 3 is 2.24 bits per heavy atom. The van der Waals surface area contributed by atoms with Gasteiger partial charge in [0.25, 0.3) is 0 Å². The van der Waals surface area contributed by atoms with E-state index in [0.29, 0.717) is 11.8 Å². The Morgan fingerprint density at radius 1 is 1.29 bits per heavy atom. The Morgan fingerprint density at radius 2 is 1.82 bits per heavy atom. The number of aliphatic hydroxyl groups excluding tert-OH is 1. The molecule has 1 aromatic carbocycles. The van der Waals surface area contributed by atoms with Crippen LogP contribution in [0.15, 0.2) is 24.3 Å². The van der Waals surface area contributed by atoms with Crippen LogP contribution in [-0.2, 0) is 5.41 Å². The second-order valence-electron chi connectivity index (χ2n) is 6.18. The lowest BCUT2D eigenvalue weighted by Gasteiger charge is -2.24. The fourth-order valence-electron chi connectivity index (χ4n) is 2.37. The van der Waals surface area contributed by atoms with E-state index in [2.05, 4.69) is 52.0 Å². The molecule has 0 radical (unpaired) electrons. The van der Waals surface area contributed by atoms with Crippen molar-refractivity contribution in [2.75, 3.05) is 0 Å². The minimum Gasteiger partial charge on any atom is -0.388 e. The second kappa shape index (κ2) is 4.45. The van der Waals surface area contributed by atoms with Gasteiger partial charge in [0.15, 0.2) is 0 Å². The minimum atomic E-state index is -0.260. The molecule has 0 amide bonds. The van der Waals surface area contributed by atoms with Gasteiger partial charge in [-0.1, -0.05) is 52.0 Å². The average molecular weight is 232 g/mol. The van der Waals surface area contributed by atoms with Gasteiger partial charge in [0.1, 0.15) is 0 Å². The summed E-state index contributed by atoms with van der Waals surface area (Å²) in [4.78, 5) is 0. The smallest absolute Gasteiger partial charge is 0.0820 e. The normalized spacial score (nSPS) is 25.7. The molecule has 0 aliphatic heterocycles. The fourth-order valence-corrected chi connectivity index (χ4v) is 2.37. The SMILES string of the molecule is CCC(C)(C)c1ccc(C(O)C2CC2C)cc1. The summed E-state index contributed by atoms with van der Waals surface area (Å²) in [5.41, 5.74) is 2.67. The van der Waals surface area contributed by atoms with Gasteiger partial charge >= 0.3 is 0 Å². The minimum absolute atomic E-state index is 0.232. The van der Waals surface area contributed by atoms with E-state index in [4.69, 9.17) is 0 Å². The summed E-state index contributed by atoms with van der Waals surface area (Å²) in [5.74, 6) is 1.18. The molecule has 0 spiro atoms. The average Bonchev–Trinajstić information content (AvgIpc) is 3.05. The van der Waals surface area contributed by atoms with Gasteiger partial charge in [-0.15, -0.1) is 0 Å². The van der Waals surface area contributed by atoms with Gasteiger partial charge in [-0.3, -0.25) is 0 Å². The largest absolute Gasteiger partial charge is 0.388 e. The first-order chi connectivity index (χ1) is 7.95. The molecule has 0 saturated heterocycles. The topological polar surface area (TPSA) is 20.2 Å². The van der Waals surface area contributed by atoms with Crippen molar-refractivity contribution in [2.24, 2.45) is 11.8 Å². The summed E-state index contributed by atoms with van der Waals surface area (Å²) < 4.78 is 0. The molecule has 1 saturated carbocycles. The third-order valence-electron chi connectivity index (χ3n) is 4.49. The Kier molecular flexibility index (Phi) is 3.31. The summed E-state index contributed by atoms with van der Waals surface area (Å²) in [7, 11) is 0. The van der Waals surface area contributed by atoms with E-state index >= 15 is 0 Å². The first kappa shape index (κ1) is 12.6. The third kappa shape index (κ3) is 2.55. The summed E-state index contributed by atoms with van der Waals surface area (Å²) >= 11 is 0. The van der Waals surface area contributed by atoms with E-state index in [0.717, 1.165) is 12.0 Å². The lowest BCUT2D eigenvalue weighted by molar-refractivity contribution is 0.148. The maximum atomic E-state index is 10.2. The highest BCUT2D eigenvalue weighted by Crippen LogP contribution is 2.47. The van der Waals surface area contributed by atoms with Crippen molar-refractivity contribution in [3.05, 3.63) is 35.4 Å². The van der Waals surface area contributed by atoms with Crippen molar-refractivity contribution in [1.29, 1.82) is 0 Å². The van der Waals surface area contributed by atoms with Gasteiger partial charge < -0.3 is 5.11 Å². The molecular weight excluding hydrogens is 208 g/mol. The van der Waals surface area contributed by atoms with E-state index < -0.39 is 0 Å². The van der Waals surface area contributed by atoms with Crippen LogP contribution in [0.2, 0.25) is 0 Å². The van der Waals surface area contributed by atoms with Crippen molar-refractivity contribution >= 4 is 0 Å². The van der Waals surface area contributed by atoms with Crippen molar-refractivity contribution < 1.29 is 5.11 Å². The number of benzene rings is 1. The van der Waals surface area contributed by atoms with Crippen molar-refractivity contribution in [2.45, 2.75) is 52.1 Å². The Bertz CT molecular complexity index is 377. The van der Waals surface area contributed by atoms with Gasteiger partial charge in [-0.2, -0.15) is 0 Å². The van der Waals surface area contributed by atoms with Gasteiger partial charge in [0, 0.05) is 0 Å². The van der Waals surface area contributed by atoms with Gasteiger partial charge in [-0.25, -0.2) is 0 Å². The lowest BCUT2D eigenvalue weighted by atomic mass is 9.82. The van der Waals surface area contributed by atoms with Crippen LogP contribution >= 0.6 is 0 Å². The zero-order chi connectivity index (χ0) is 12.6. The van der Waals surface area contributed by atoms with E-state index in [1.807, 2.05) is 0 Å². The predicted molar refractivity (Wildman–Crippen MR) is 72.0 cm³/mol. The summed E-state index contributed by atoms with van der Waals surface area (Å²) in [6, 6.07) is 8.55. The standard InChI is InChI=1S/C16H24O/c1-5-16(3,4)13-8-6-12(7-9-13)15(17)14-10-11(14)2/h6-9,11,14-15,17H,5,10H2,1-4H3. The van der Waals surface area contributed by atoms with Crippen LogP contribution in [-0.4, -0.2) is 5.11 Å². The first-order valence-corrected chi connectivity index (χ1v) is 6.74. The lowest BCUT2D eigenvalue weighted by Crippen LogP contribution is -2.15. The summed E-state index contributed by atoms with van der Waals surface area (Å²) in [5, 5.41) is 10.2. The molecule has 1 aliphatic carbocycles. The Balaban J connectivity index is 2.13. The van der Waals surface area contributed by atoms with Crippen molar-refractivity contribution in [3.8, 4) is 0 Å². The maximum absolute atomic E-state index is 10.2. The molecule has 94 valence electrons.